The maximum atomic E-state index is 12.8. The molecule has 0 aliphatic carbocycles. The molecule has 0 aromatic heterocycles. The highest BCUT2D eigenvalue weighted by Gasteiger charge is 2.09. The van der Waals surface area contributed by atoms with Crippen molar-refractivity contribution in [3.63, 3.8) is 0 Å². The summed E-state index contributed by atoms with van der Waals surface area (Å²) < 4.78 is 25.7. The molecule has 16 heavy (non-hydrogen) atoms. The van der Waals surface area contributed by atoms with Crippen LogP contribution in [0, 0.1) is 17.6 Å². The van der Waals surface area contributed by atoms with Crippen LogP contribution in [0.2, 0.25) is 0 Å². The third kappa shape index (κ3) is 4.31. The Morgan fingerprint density at radius 2 is 1.81 bits per heavy atom. The number of carbonyl (C=O) groups excluding carboxylic acids is 1. The van der Waals surface area contributed by atoms with Gasteiger partial charge >= 0.3 is 0 Å². The number of hydrogen-bond donors (Lipinski definition) is 0. The third-order valence-corrected chi connectivity index (χ3v) is 3.24. The van der Waals surface area contributed by atoms with Crippen molar-refractivity contribution in [3.8, 4) is 0 Å². The topological polar surface area (TPSA) is 17.1 Å². The first-order chi connectivity index (χ1) is 7.49. The van der Waals surface area contributed by atoms with E-state index in [4.69, 9.17) is 0 Å². The SMILES string of the molecule is CC(C)CSCC(=O)c1cc(F)cc(F)c1. The molecule has 1 rings (SSSR count). The number of hydrogen-bond acceptors (Lipinski definition) is 2. The van der Waals surface area contributed by atoms with Crippen LogP contribution >= 0.6 is 11.8 Å². The van der Waals surface area contributed by atoms with Crippen molar-refractivity contribution < 1.29 is 13.6 Å². The maximum Gasteiger partial charge on any atom is 0.172 e. The number of carbonyl (C=O) groups is 1. The van der Waals surface area contributed by atoms with Crippen LogP contribution < -0.4 is 0 Å². The first kappa shape index (κ1) is 13.2. The number of Topliss-reactive ketones (excluding diaryl/α,β-unsaturated/α-hetero) is 1. The third-order valence-electron chi connectivity index (χ3n) is 1.87. The Hall–Kier alpha value is -0.900. The Kier molecular flexibility index (Phi) is 4.93. The monoisotopic (exact) mass is 244 g/mol. The normalized spacial score (nSPS) is 10.8. The Labute approximate surface area is 98.2 Å². The molecule has 0 saturated carbocycles. The highest BCUT2D eigenvalue weighted by atomic mass is 32.2. The molecule has 1 aromatic rings. The van der Waals surface area contributed by atoms with E-state index in [0.717, 1.165) is 24.0 Å². The number of rotatable bonds is 5. The van der Waals surface area contributed by atoms with Gasteiger partial charge in [-0.05, 0) is 23.8 Å². The van der Waals surface area contributed by atoms with Gasteiger partial charge in [0, 0.05) is 11.6 Å². The summed E-state index contributed by atoms with van der Waals surface area (Å²) in [5.74, 6) is -0.0227. The standard InChI is InChI=1S/C12H14F2OS/c1-8(2)6-16-7-12(15)9-3-10(13)5-11(14)4-9/h3-5,8H,6-7H2,1-2H3. The zero-order valence-corrected chi connectivity index (χ0v) is 10.1. The number of benzene rings is 1. The van der Waals surface area contributed by atoms with Gasteiger partial charge in [-0.2, -0.15) is 11.8 Å². The van der Waals surface area contributed by atoms with Gasteiger partial charge in [-0.3, -0.25) is 4.79 Å². The molecule has 0 aliphatic heterocycles. The molecule has 88 valence electrons. The number of halogens is 2. The summed E-state index contributed by atoms with van der Waals surface area (Å²) in [5.41, 5.74) is 0.105. The van der Waals surface area contributed by atoms with Crippen molar-refractivity contribution in [1.82, 2.24) is 0 Å². The fourth-order valence-corrected chi connectivity index (χ4v) is 2.13. The molecule has 0 unspecified atom stereocenters. The zero-order chi connectivity index (χ0) is 12.1. The molecule has 0 heterocycles. The van der Waals surface area contributed by atoms with Crippen molar-refractivity contribution in [1.29, 1.82) is 0 Å². The van der Waals surface area contributed by atoms with Crippen LogP contribution in [0.1, 0.15) is 24.2 Å². The molecular formula is C12H14F2OS. The van der Waals surface area contributed by atoms with E-state index in [1.165, 1.54) is 11.8 Å². The molecule has 0 atom stereocenters. The predicted molar refractivity (Wildman–Crippen MR) is 62.9 cm³/mol. The van der Waals surface area contributed by atoms with Gasteiger partial charge in [-0.25, -0.2) is 8.78 Å². The summed E-state index contributed by atoms with van der Waals surface area (Å²) in [5, 5.41) is 0. The van der Waals surface area contributed by atoms with E-state index in [2.05, 4.69) is 13.8 Å². The largest absolute Gasteiger partial charge is 0.293 e. The van der Waals surface area contributed by atoms with Gasteiger partial charge < -0.3 is 0 Å². The predicted octanol–water partition coefficient (Wildman–Crippen LogP) is 3.54. The minimum atomic E-state index is -0.711. The average molecular weight is 244 g/mol. The lowest BCUT2D eigenvalue weighted by Crippen LogP contribution is -2.05. The summed E-state index contributed by atoms with van der Waals surface area (Å²) >= 11 is 1.48. The van der Waals surface area contributed by atoms with E-state index in [1.807, 2.05) is 0 Å². The summed E-state index contributed by atoms with van der Waals surface area (Å²) in [4.78, 5) is 11.6. The van der Waals surface area contributed by atoms with Crippen LogP contribution in [0.25, 0.3) is 0 Å². The molecule has 0 aliphatic rings. The molecule has 1 aromatic carbocycles. The average Bonchev–Trinajstić information content (AvgIpc) is 2.15. The van der Waals surface area contributed by atoms with Gasteiger partial charge in [0.1, 0.15) is 11.6 Å². The minimum Gasteiger partial charge on any atom is -0.293 e. The fourth-order valence-electron chi connectivity index (χ4n) is 1.19. The molecule has 0 fully saturated rings. The van der Waals surface area contributed by atoms with Crippen molar-refractivity contribution in [2.75, 3.05) is 11.5 Å². The van der Waals surface area contributed by atoms with Crippen LogP contribution in [0.3, 0.4) is 0 Å². The molecule has 0 amide bonds. The zero-order valence-electron chi connectivity index (χ0n) is 9.30. The van der Waals surface area contributed by atoms with E-state index in [-0.39, 0.29) is 17.1 Å². The summed E-state index contributed by atoms with van der Waals surface area (Å²) in [7, 11) is 0. The molecule has 4 heteroatoms. The Balaban J connectivity index is 2.59. The van der Waals surface area contributed by atoms with Crippen LogP contribution in [0.5, 0.6) is 0 Å². The van der Waals surface area contributed by atoms with Crippen LogP contribution in [-0.2, 0) is 0 Å². The van der Waals surface area contributed by atoms with Crippen LogP contribution in [0.4, 0.5) is 8.78 Å². The highest BCUT2D eigenvalue weighted by molar-refractivity contribution is 7.99. The van der Waals surface area contributed by atoms with Crippen LogP contribution in [0.15, 0.2) is 18.2 Å². The quantitative estimate of drug-likeness (QED) is 0.737. The molecular weight excluding hydrogens is 230 g/mol. The minimum absolute atomic E-state index is 0.105. The molecule has 1 nitrogen and oxygen atoms in total. The smallest absolute Gasteiger partial charge is 0.172 e. The second-order valence-electron chi connectivity index (χ2n) is 3.99. The van der Waals surface area contributed by atoms with Gasteiger partial charge in [-0.1, -0.05) is 13.8 Å². The Morgan fingerprint density at radius 3 is 2.31 bits per heavy atom. The van der Waals surface area contributed by atoms with E-state index >= 15 is 0 Å². The highest BCUT2D eigenvalue weighted by Crippen LogP contribution is 2.13. The van der Waals surface area contributed by atoms with E-state index < -0.39 is 11.6 Å². The number of thioether (sulfide) groups is 1. The van der Waals surface area contributed by atoms with Crippen molar-refractivity contribution in [2.45, 2.75) is 13.8 Å². The lowest BCUT2D eigenvalue weighted by atomic mass is 10.1. The van der Waals surface area contributed by atoms with E-state index in [0.29, 0.717) is 5.92 Å². The van der Waals surface area contributed by atoms with Gasteiger partial charge in [0.25, 0.3) is 0 Å². The lowest BCUT2D eigenvalue weighted by molar-refractivity contribution is 0.102. The molecule has 0 radical (unpaired) electrons. The summed E-state index contributed by atoms with van der Waals surface area (Å²) in [6, 6.07) is 2.90. The van der Waals surface area contributed by atoms with Crippen molar-refractivity contribution >= 4 is 17.5 Å². The van der Waals surface area contributed by atoms with Gasteiger partial charge in [-0.15, -0.1) is 0 Å². The first-order valence-electron chi connectivity index (χ1n) is 5.06. The Morgan fingerprint density at radius 1 is 1.25 bits per heavy atom. The number of ketones is 1. The molecule has 0 spiro atoms. The summed E-state index contributed by atoms with van der Waals surface area (Å²) in [6.45, 7) is 4.11. The first-order valence-corrected chi connectivity index (χ1v) is 6.21. The maximum absolute atomic E-state index is 12.8. The summed E-state index contributed by atoms with van der Waals surface area (Å²) in [6.07, 6.45) is 0. The molecule has 0 saturated heterocycles. The van der Waals surface area contributed by atoms with Crippen LogP contribution in [-0.4, -0.2) is 17.3 Å². The van der Waals surface area contributed by atoms with Gasteiger partial charge in [0.15, 0.2) is 5.78 Å². The fraction of sp³-hybridized carbons (Fsp3) is 0.417. The second kappa shape index (κ2) is 5.99. The van der Waals surface area contributed by atoms with Gasteiger partial charge in [0.2, 0.25) is 0 Å². The van der Waals surface area contributed by atoms with E-state index in [9.17, 15) is 13.6 Å². The van der Waals surface area contributed by atoms with Crippen molar-refractivity contribution in [2.24, 2.45) is 5.92 Å². The van der Waals surface area contributed by atoms with Crippen molar-refractivity contribution in [3.05, 3.63) is 35.4 Å². The molecule has 0 bridgehead atoms. The molecule has 0 N–H and O–H groups in total. The second-order valence-corrected chi connectivity index (χ2v) is 5.02. The van der Waals surface area contributed by atoms with Gasteiger partial charge in [0.05, 0.1) is 5.75 Å². The Bertz CT molecular complexity index is 357. The lowest BCUT2D eigenvalue weighted by Gasteiger charge is -2.04. The van der Waals surface area contributed by atoms with E-state index in [1.54, 1.807) is 0 Å².